The number of rotatable bonds is 1. The maximum absolute atomic E-state index is 13.7. The van der Waals surface area contributed by atoms with Crippen LogP contribution in [-0.4, -0.2) is 15.8 Å². The van der Waals surface area contributed by atoms with Gasteiger partial charge in [0.05, 0.1) is 11.1 Å². The van der Waals surface area contributed by atoms with Gasteiger partial charge in [-0.15, -0.1) is 0 Å². The number of ketones is 1. The van der Waals surface area contributed by atoms with Crippen LogP contribution in [0.2, 0.25) is 0 Å². The smallest absolute Gasteiger partial charge is 0.344 e. The number of hydrogen-bond donors (Lipinski definition) is 3. The summed E-state index contributed by atoms with van der Waals surface area (Å²) in [5, 5.41) is 2.93. The molecule has 0 radical (unpaired) electrons. The van der Waals surface area contributed by atoms with Crippen LogP contribution >= 0.6 is 0 Å². The van der Waals surface area contributed by atoms with Gasteiger partial charge in [0.1, 0.15) is 5.82 Å². The standard InChI is InChI=1S/C20H18F3N3O3/c1-19(2)7-11-14(12(27)8-19)13(9-5-3-4-6-10(9)20(21,22)23)15-16(24-11)25-18(29)26-17(15)28/h3-6,13H,7-8H2,1-2H3,(H3,24,25,26,28,29). The van der Waals surface area contributed by atoms with Crippen LogP contribution in [0.25, 0.3) is 0 Å². The van der Waals surface area contributed by atoms with E-state index in [1.807, 2.05) is 13.8 Å². The molecule has 1 atom stereocenters. The van der Waals surface area contributed by atoms with Gasteiger partial charge in [0.2, 0.25) is 0 Å². The Morgan fingerprint density at radius 1 is 1.03 bits per heavy atom. The molecule has 2 aromatic rings. The van der Waals surface area contributed by atoms with Crippen molar-refractivity contribution in [2.45, 2.75) is 38.8 Å². The van der Waals surface area contributed by atoms with Crippen LogP contribution < -0.4 is 16.6 Å². The highest BCUT2D eigenvalue weighted by molar-refractivity contribution is 6.01. The topological polar surface area (TPSA) is 94.8 Å². The number of aromatic nitrogens is 2. The Hall–Kier alpha value is -3.10. The average Bonchev–Trinajstić information content (AvgIpc) is 2.57. The molecule has 6 nitrogen and oxygen atoms in total. The number of hydrogen-bond acceptors (Lipinski definition) is 4. The van der Waals surface area contributed by atoms with Crippen molar-refractivity contribution in [3.63, 3.8) is 0 Å². The number of H-pyrrole nitrogens is 2. The van der Waals surface area contributed by atoms with E-state index in [1.54, 1.807) is 0 Å². The van der Waals surface area contributed by atoms with E-state index in [0.29, 0.717) is 12.1 Å². The van der Waals surface area contributed by atoms with Gasteiger partial charge in [0.25, 0.3) is 5.56 Å². The molecule has 1 aromatic carbocycles. The fraction of sp³-hybridized carbons (Fsp3) is 0.350. The van der Waals surface area contributed by atoms with Gasteiger partial charge >= 0.3 is 11.9 Å². The minimum Gasteiger partial charge on any atom is -0.344 e. The molecule has 4 rings (SSSR count). The zero-order valence-corrected chi connectivity index (χ0v) is 15.7. The van der Waals surface area contributed by atoms with Crippen molar-refractivity contribution in [3.05, 3.63) is 73.1 Å². The van der Waals surface area contributed by atoms with Gasteiger partial charge in [-0.2, -0.15) is 13.2 Å². The summed E-state index contributed by atoms with van der Waals surface area (Å²) in [5.74, 6) is -1.53. The highest BCUT2D eigenvalue weighted by Crippen LogP contribution is 2.49. The molecule has 1 aromatic heterocycles. The first-order valence-corrected chi connectivity index (χ1v) is 9.04. The van der Waals surface area contributed by atoms with Crippen molar-refractivity contribution in [2.24, 2.45) is 5.41 Å². The van der Waals surface area contributed by atoms with Crippen molar-refractivity contribution in [2.75, 3.05) is 5.32 Å². The molecule has 1 unspecified atom stereocenters. The second kappa shape index (κ2) is 6.20. The number of alkyl halides is 3. The lowest BCUT2D eigenvalue weighted by atomic mass is 9.69. The monoisotopic (exact) mass is 405 g/mol. The van der Waals surface area contributed by atoms with E-state index in [9.17, 15) is 27.6 Å². The molecule has 9 heteroatoms. The number of carbonyl (C=O) groups is 1. The molecule has 0 saturated carbocycles. The van der Waals surface area contributed by atoms with E-state index < -0.39 is 34.3 Å². The maximum atomic E-state index is 13.7. The molecule has 1 aliphatic heterocycles. The first-order valence-electron chi connectivity index (χ1n) is 9.04. The molecule has 152 valence electrons. The van der Waals surface area contributed by atoms with Crippen LogP contribution in [0.1, 0.15) is 49.3 Å². The highest BCUT2D eigenvalue weighted by Gasteiger charge is 2.45. The molecular weight excluding hydrogens is 387 g/mol. The Bertz CT molecular complexity index is 1170. The molecule has 0 spiro atoms. The van der Waals surface area contributed by atoms with Crippen LogP contribution in [0.4, 0.5) is 19.0 Å². The Morgan fingerprint density at radius 3 is 2.41 bits per heavy atom. The molecule has 2 aliphatic rings. The molecule has 0 saturated heterocycles. The zero-order valence-electron chi connectivity index (χ0n) is 15.7. The summed E-state index contributed by atoms with van der Waals surface area (Å²) in [6.45, 7) is 3.76. The van der Waals surface area contributed by atoms with Gasteiger partial charge in [-0.25, -0.2) is 4.79 Å². The van der Waals surface area contributed by atoms with E-state index in [2.05, 4.69) is 15.3 Å². The van der Waals surface area contributed by atoms with Crippen LogP contribution in [0.15, 0.2) is 45.1 Å². The van der Waals surface area contributed by atoms with Gasteiger partial charge < -0.3 is 5.32 Å². The number of anilines is 1. The normalized spacial score (nSPS) is 20.7. The number of halogens is 3. The molecular formula is C20H18F3N3O3. The minimum absolute atomic E-state index is 0.0185. The number of carbonyl (C=O) groups excluding carboxylic acids is 1. The second-order valence-electron chi connectivity index (χ2n) is 8.17. The van der Waals surface area contributed by atoms with Crippen LogP contribution in [0, 0.1) is 5.41 Å². The summed E-state index contributed by atoms with van der Waals surface area (Å²) in [5.41, 5.74) is -2.66. The Balaban J connectivity index is 2.06. The lowest BCUT2D eigenvalue weighted by Crippen LogP contribution is -2.39. The second-order valence-corrected chi connectivity index (χ2v) is 8.17. The van der Waals surface area contributed by atoms with Gasteiger partial charge in [-0.3, -0.25) is 19.6 Å². The molecule has 29 heavy (non-hydrogen) atoms. The SMILES string of the molecule is CC1(C)CC(=O)C2=C(C1)Nc1[nH]c(=O)[nH]c(=O)c1C2c1ccccc1C(F)(F)F. The van der Waals surface area contributed by atoms with Gasteiger partial charge in [0.15, 0.2) is 5.78 Å². The van der Waals surface area contributed by atoms with E-state index in [4.69, 9.17) is 0 Å². The summed E-state index contributed by atoms with van der Waals surface area (Å²) < 4.78 is 41.2. The number of fused-ring (bicyclic) bond motifs is 1. The maximum Gasteiger partial charge on any atom is 0.416 e. The van der Waals surface area contributed by atoms with E-state index >= 15 is 0 Å². The van der Waals surface area contributed by atoms with Gasteiger partial charge in [-0.05, 0) is 23.5 Å². The van der Waals surface area contributed by atoms with Crippen LogP contribution in [0.5, 0.6) is 0 Å². The van der Waals surface area contributed by atoms with Gasteiger partial charge in [-0.1, -0.05) is 32.0 Å². The number of nitrogens with one attached hydrogen (secondary N) is 3. The van der Waals surface area contributed by atoms with Crippen molar-refractivity contribution >= 4 is 11.6 Å². The molecule has 2 heterocycles. The third-order valence-corrected chi connectivity index (χ3v) is 5.33. The van der Waals surface area contributed by atoms with E-state index in [1.165, 1.54) is 18.2 Å². The average molecular weight is 405 g/mol. The van der Waals surface area contributed by atoms with Crippen LogP contribution in [0.3, 0.4) is 0 Å². The zero-order chi connectivity index (χ0) is 21.1. The summed E-state index contributed by atoms with van der Waals surface area (Å²) in [7, 11) is 0. The van der Waals surface area contributed by atoms with Gasteiger partial charge in [0, 0.05) is 23.6 Å². The first kappa shape index (κ1) is 19.2. The third-order valence-electron chi connectivity index (χ3n) is 5.33. The summed E-state index contributed by atoms with van der Waals surface area (Å²) in [6.07, 6.45) is -4.13. The largest absolute Gasteiger partial charge is 0.416 e. The molecule has 0 bridgehead atoms. The Labute approximate surface area is 162 Å². The number of allylic oxidation sites excluding steroid dienone is 2. The predicted octanol–water partition coefficient (Wildman–Crippen LogP) is 3.28. The van der Waals surface area contributed by atoms with Crippen molar-refractivity contribution in [1.82, 2.24) is 9.97 Å². The highest BCUT2D eigenvalue weighted by atomic mass is 19.4. The van der Waals surface area contributed by atoms with E-state index in [-0.39, 0.29) is 34.7 Å². The quantitative estimate of drug-likeness (QED) is 0.679. The summed E-state index contributed by atoms with van der Waals surface area (Å²) in [6, 6.07) is 4.88. The fourth-order valence-electron chi connectivity index (χ4n) is 4.26. The molecule has 3 N–H and O–H groups in total. The predicted molar refractivity (Wildman–Crippen MR) is 99.6 cm³/mol. The summed E-state index contributed by atoms with van der Waals surface area (Å²) >= 11 is 0. The number of Topliss-reactive ketones (excluding diaryl/α,β-unsaturated/α-hetero) is 1. The van der Waals surface area contributed by atoms with Crippen molar-refractivity contribution in [3.8, 4) is 0 Å². The first-order chi connectivity index (χ1) is 13.5. The van der Waals surface area contributed by atoms with Crippen molar-refractivity contribution < 1.29 is 18.0 Å². The molecule has 1 aliphatic carbocycles. The fourth-order valence-corrected chi connectivity index (χ4v) is 4.26. The van der Waals surface area contributed by atoms with Crippen molar-refractivity contribution in [1.29, 1.82) is 0 Å². The van der Waals surface area contributed by atoms with Crippen LogP contribution in [-0.2, 0) is 11.0 Å². The Morgan fingerprint density at radius 2 is 1.72 bits per heavy atom. The lowest BCUT2D eigenvalue weighted by Gasteiger charge is -2.39. The number of benzene rings is 1. The molecule has 0 fully saturated rings. The minimum atomic E-state index is -4.67. The lowest BCUT2D eigenvalue weighted by molar-refractivity contribution is -0.138. The third kappa shape index (κ3) is 3.20. The Kier molecular flexibility index (Phi) is 4.11. The van der Waals surface area contributed by atoms with E-state index in [0.717, 1.165) is 6.07 Å². The molecule has 0 amide bonds. The number of aromatic amines is 2. The summed E-state index contributed by atoms with van der Waals surface area (Å²) in [4.78, 5) is 41.9.